The number of hydrogen-bond acceptors (Lipinski definition) is 2. The number of allylic oxidation sites excluding steroid dienone is 4. The van der Waals surface area contributed by atoms with Crippen LogP contribution in [0, 0.1) is 23.2 Å². The van der Waals surface area contributed by atoms with Crippen molar-refractivity contribution in [2.45, 2.75) is 136 Å². The number of hydrogen-bond donors (Lipinski definition) is 0. The highest BCUT2D eigenvalue weighted by Crippen LogP contribution is 2.60. The SMILES string of the molecule is C=C1/C=C(O[Si](C)(C)C(C)(C)C)\C=C/CC2CC[C@@]3(C)C(CC[C@@H]3O[Si](C)(C)C(C)(C)C)C2CC1. The van der Waals surface area contributed by atoms with Crippen LogP contribution in [0.4, 0.5) is 0 Å². The summed E-state index contributed by atoms with van der Waals surface area (Å²) in [7, 11) is -3.63. The van der Waals surface area contributed by atoms with Gasteiger partial charge in [0.25, 0.3) is 0 Å². The van der Waals surface area contributed by atoms with Crippen molar-refractivity contribution in [3.05, 3.63) is 36.1 Å². The van der Waals surface area contributed by atoms with E-state index >= 15 is 0 Å². The Morgan fingerprint density at radius 1 is 0.914 bits per heavy atom. The molecule has 5 atom stereocenters. The molecule has 0 N–H and O–H groups in total. The van der Waals surface area contributed by atoms with Gasteiger partial charge >= 0.3 is 0 Å². The molecule has 3 aliphatic rings. The molecule has 0 spiro atoms. The van der Waals surface area contributed by atoms with Crippen molar-refractivity contribution < 1.29 is 8.85 Å². The highest BCUT2D eigenvalue weighted by Gasteiger charge is 2.55. The quantitative estimate of drug-likeness (QED) is 0.346. The molecule has 2 fully saturated rings. The molecular weight excluding hydrogens is 461 g/mol. The second-order valence-corrected chi connectivity index (χ2v) is 24.7. The Morgan fingerprint density at radius 2 is 1.54 bits per heavy atom. The summed E-state index contributed by atoms with van der Waals surface area (Å²) in [6.07, 6.45) is 16.1. The van der Waals surface area contributed by atoms with E-state index in [1.54, 1.807) is 0 Å². The van der Waals surface area contributed by atoms with Gasteiger partial charge in [-0.15, -0.1) is 0 Å². The summed E-state index contributed by atoms with van der Waals surface area (Å²) >= 11 is 0. The molecule has 0 radical (unpaired) electrons. The summed E-state index contributed by atoms with van der Waals surface area (Å²) < 4.78 is 13.8. The monoisotopic (exact) mass is 516 g/mol. The minimum Gasteiger partial charge on any atom is -0.544 e. The summed E-state index contributed by atoms with van der Waals surface area (Å²) in [6, 6.07) is 0. The molecule has 0 aromatic rings. The molecule has 2 nitrogen and oxygen atoms in total. The van der Waals surface area contributed by atoms with Crippen molar-refractivity contribution in [3.8, 4) is 0 Å². The first-order valence-corrected chi connectivity index (χ1v) is 20.1. The van der Waals surface area contributed by atoms with Crippen molar-refractivity contribution in [3.63, 3.8) is 0 Å². The Bertz CT molecular complexity index is 839. The normalized spacial score (nSPS) is 35.5. The van der Waals surface area contributed by atoms with E-state index in [-0.39, 0.29) is 10.1 Å². The lowest BCUT2D eigenvalue weighted by Gasteiger charge is -2.51. The number of rotatable bonds is 4. The van der Waals surface area contributed by atoms with Crippen LogP contribution in [0.5, 0.6) is 0 Å². The van der Waals surface area contributed by atoms with Gasteiger partial charge in [-0.05, 0) is 117 Å². The molecule has 0 aliphatic heterocycles. The molecule has 35 heavy (non-hydrogen) atoms. The van der Waals surface area contributed by atoms with Gasteiger partial charge in [-0.1, -0.05) is 66.7 Å². The molecule has 3 unspecified atom stereocenters. The van der Waals surface area contributed by atoms with E-state index in [1.165, 1.54) is 44.1 Å². The number of fused-ring (bicyclic) bond motifs is 3. The van der Waals surface area contributed by atoms with Crippen molar-refractivity contribution in [1.82, 2.24) is 0 Å². The third kappa shape index (κ3) is 6.12. The van der Waals surface area contributed by atoms with Gasteiger partial charge in [0.05, 0.1) is 6.10 Å². The predicted molar refractivity (Wildman–Crippen MR) is 158 cm³/mol. The Kier molecular flexibility index (Phi) is 8.23. The van der Waals surface area contributed by atoms with E-state index in [4.69, 9.17) is 8.85 Å². The molecule has 0 amide bonds. The fraction of sp³-hybridized carbons (Fsp3) is 0.806. The topological polar surface area (TPSA) is 18.5 Å². The fourth-order valence-corrected chi connectivity index (χ4v) is 8.79. The van der Waals surface area contributed by atoms with Crippen LogP contribution in [0.2, 0.25) is 36.3 Å². The lowest BCUT2D eigenvalue weighted by atomic mass is 9.58. The molecule has 0 heterocycles. The summed E-state index contributed by atoms with van der Waals surface area (Å²) in [5.74, 6) is 3.36. The van der Waals surface area contributed by atoms with Crippen molar-refractivity contribution in [1.29, 1.82) is 0 Å². The smallest absolute Gasteiger partial charge is 0.250 e. The van der Waals surface area contributed by atoms with Crippen LogP contribution in [0.25, 0.3) is 0 Å². The first kappa shape index (κ1) is 29.0. The maximum absolute atomic E-state index is 7.11. The van der Waals surface area contributed by atoms with E-state index in [1.807, 2.05) is 0 Å². The standard InChI is InChI=1S/C31H56O2Si2/c1-23-16-17-26-24(14-13-15-25(22-23)32-34(9,10)29(2,3)4)20-21-31(8)27(26)18-19-28(31)33-35(11,12)30(5,6)7/h13,15,22,24,26-28H,1,14,16-21H2,2-12H3/b15-13-,25-22+/t24?,26?,27?,28-,31-/m0/s1. The van der Waals surface area contributed by atoms with Gasteiger partial charge in [-0.2, -0.15) is 0 Å². The molecule has 0 aromatic heterocycles. The van der Waals surface area contributed by atoms with Crippen LogP contribution >= 0.6 is 0 Å². The largest absolute Gasteiger partial charge is 0.544 e. The van der Waals surface area contributed by atoms with E-state index in [2.05, 4.69) is 99.5 Å². The summed E-state index contributed by atoms with van der Waals surface area (Å²) in [4.78, 5) is 0. The van der Waals surface area contributed by atoms with E-state index in [0.717, 1.165) is 29.9 Å². The van der Waals surface area contributed by atoms with Crippen LogP contribution < -0.4 is 0 Å². The lowest BCUT2D eigenvalue weighted by Crippen LogP contribution is -2.50. The third-order valence-corrected chi connectivity index (χ3v) is 19.6. The van der Waals surface area contributed by atoms with Gasteiger partial charge in [-0.25, -0.2) is 0 Å². The summed E-state index contributed by atoms with van der Waals surface area (Å²) in [6.45, 7) is 30.6. The van der Waals surface area contributed by atoms with Gasteiger partial charge in [0.1, 0.15) is 5.76 Å². The van der Waals surface area contributed by atoms with Crippen molar-refractivity contribution >= 4 is 16.6 Å². The van der Waals surface area contributed by atoms with Gasteiger partial charge in [0.2, 0.25) is 8.32 Å². The molecule has 3 aliphatic carbocycles. The minimum absolute atomic E-state index is 0.197. The average Bonchev–Trinajstić information content (AvgIpc) is 3.00. The zero-order valence-electron chi connectivity index (χ0n) is 25.0. The molecule has 0 saturated heterocycles. The maximum atomic E-state index is 7.11. The second kappa shape index (κ2) is 9.95. The van der Waals surface area contributed by atoms with Gasteiger partial charge in [-0.3, -0.25) is 0 Å². The fourth-order valence-electron chi connectivity index (χ4n) is 6.32. The van der Waals surface area contributed by atoms with Crippen LogP contribution in [0.1, 0.15) is 93.4 Å². The van der Waals surface area contributed by atoms with Gasteiger partial charge < -0.3 is 8.85 Å². The molecular formula is C31H56O2Si2. The second-order valence-electron chi connectivity index (χ2n) is 15.3. The highest BCUT2D eigenvalue weighted by molar-refractivity contribution is 6.74. The van der Waals surface area contributed by atoms with Crippen LogP contribution in [0.3, 0.4) is 0 Å². The van der Waals surface area contributed by atoms with Gasteiger partial charge in [0, 0.05) is 0 Å². The molecule has 2 saturated carbocycles. The molecule has 3 rings (SSSR count). The van der Waals surface area contributed by atoms with Crippen LogP contribution in [-0.2, 0) is 8.85 Å². The van der Waals surface area contributed by atoms with E-state index < -0.39 is 16.6 Å². The highest BCUT2D eigenvalue weighted by atomic mass is 28.4. The zero-order valence-corrected chi connectivity index (χ0v) is 27.0. The summed E-state index contributed by atoms with van der Waals surface area (Å²) in [5, 5.41) is 0.469. The van der Waals surface area contributed by atoms with Crippen molar-refractivity contribution in [2.75, 3.05) is 0 Å². The van der Waals surface area contributed by atoms with Gasteiger partial charge in [0.15, 0.2) is 8.32 Å². The predicted octanol–water partition coefficient (Wildman–Crippen LogP) is 10.0. The van der Waals surface area contributed by atoms with Crippen LogP contribution in [-0.4, -0.2) is 22.7 Å². The van der Waals surface area contributed by atoms with Crippen molar-refractivity contribution in [2.24, 2.45) is 23.2 Å². The van der Waals surface area contributed by atoms with E-state index in [0.29, 0.717) is 11.5 Å². The Hall–Kier alpha value is -0.586. The average molecular weight is 517 g/mol. The molecule has 0 aromatic carbocycles. The molecule has 4 heteroatoms. The third-order valence-electron chi connectivity index (χ3n) is 10.8. The Labute approximate surface area is 220 Å². The maximum Gasteiger partial charge on any atom is 0.250 e. The first-order valence-electron chi connectivity index (χ1n) is 14.3. The Balaban J connectivity index is 1.77. The lowest BCUT2D eigenvalue weighted by molar-refractivity contribution is -0.0289. The van der Waals surface area contributed by atoms with E-state index in [9.17, 15) is 0 Å². The molecule has 0 bridgehead atoms. The first-order chi connectivity index (χ1) is 15.9. The van der Waals surface area contributed by atoms with Crippen LogP contribution in [0.15, 0.2) is 36.1 Å². The zero-order chi connectivity index (χ0) is 26.4. The molecule has 200 valence electrons. The summed E-state index contributed by atoms with van der Waals surface area (Å²) in [5.41, 5.74) is 1.56. The Morgan fingerprint density at radius 3 is 2.14 bits per heavy atom. The minimum atomic E-state index is -1.86.